The van der Waals surface area contributed by atoms with Gasteiger partial charge < -0.3 is 10.6 Å². The third-order valence-electron chi connectivity index (χ3n) is 3.18. The van der Waals surface area contributed by atoms with Crippen molar-refractivity contribution in [3.05, 3.63) is 30.1 Å². The Labute approximate surface area is 134 Å². The van der Waals surface area contributed by atoms with Crippen LogP contribution in [0.2, 0.25) is 0 Å². The molecule has 9 heteroatoms. The highest BCUT2D eigenvalue weighted by Gasteiger charge is 2.23. The molecule has 1 saturated heterocycles. The molecule has 0 aliphatic carbocycles. The predicted molar refractivity (Wildman–Crippen MR) is 87.2 cm³/mol. The van der Waals surface area contributed by atoms with E-state index in [9.17, 15) is 13.2 Å². The van der Waals surface area contributed by atoms with Crippen LogP contribution in [0.25, 0.3) is 0 Å². The summed E-state index contributed by atoms with van der Waals surface area (Å²) >= 11 is 1.76. The molecule has 2 heterocycles. The van der Waals surface area contributed by atoms with Crippen molar-refractivity contribution in [3.63, 3.8) is 0 Å². The maximum absolute atomic E-state index is 12.1. The third kappa shape index (κ3) is 5.47. The Morgan fingerprint density at radius 2 is 2.09 bits per heavy atom. The molecular weight excluding hydrogens is 324 g/mol. The van der Waals surface area contributed by atoms with Gasteiger partial charge in [-0.1, -0.05) is 6.07 Å². The highest BCUT2D eigenvalue weighted by atomic mass is 32.2. The van der Waals surface area contributed by atoms with Crippen LogP contribution in [0.1, 0.15) is 5.56 Å². The van der Waals surface area contributed by atoms with Crippen molar-refractivity contribution in [2.24, 2.45) is 0 Å². The molecule has 122 valence electrons. The average Bonchev–Trinajstić information content (AvgIpc) is 2.54. The first kappa shape index (κ1) is 17.0. The summed E-state index contributed by atoms with van der Waals surface area (Å²) in [5.41, 5.74) is 0.885. The Balaban J connectivity index is 1.68. The molecular formula is C13H20N4O3S2. The number of hydrogen-bond donors (Lipinski definition) is 2. The summed E-state index contributed by atoms with van der Waals surface area (Å²) < 4.78 is 25.7. The predicted octanol–water partition coefficient (Wildman–Crippen LogP) is 0.259. The van der Waals surface area contributed by atoms with Gasteiger partial charge in [0.15, 0.2) is 0 Å². The SMILES string of the molecule is O=C(NCCS(=O)(=O)N1CCSCC1)NCc1cccnc1. The Bertz CT molecular complexity index is 574. The molecule has 0 saturated carbocycles. The van der Waals surface area contributed by atoms with Gasteiger partial charge in [0.05, 0.1) is 5.75 Å². The maximum Gasteiger partial charge on any atom is 0.315 e. The number of sulfonamides is 1. The van der Waals surface area contributed by atoms with Gasteiger partial charge in [-0.2, -0.15) is 11.8 Å². The molecule has 1 fully saturated rings. The smallest absolute Gasteiger partial charge is 0.315 e. The second-order valence-corrected chi connectivity index (χ2v) is 8.11. The van der Waals surface area contributed by atoms with Crippen LogP contribution in [0, 0.1) is 0 Å². The van der Waals surface area contributed by atoms with Crippen LogP contribution in [-0.2, 0) is 16.6 Å². The van der Waals surface area contributed by atoms with Gasteiger partial charge in [0, 0.05) is 50.1 Å². The second kappa shape index (κ2) is 8.35. The Hall–Kier alpha value is -1.32. The number of nitrogens with zero attached hydrogens (tertiary/aromatic N) is 2. The molecule has 7 nitrogen and oxygen atoms in total. The van der Waals surface area contributed by atoms with Crippen molar-refractivity contribution in [1.29, 1.82) is 0 Å². The second-order valence-electron chi connectivity index (χ2n) is 4.80. The molecule has 2 N–H and O–H groups in total. The van der Waals surface area contributed by atoms with E-state index >= 15 is 0 Å². The van der Waals surface area contributed by atoms with Crippen LogP contribution in [-0.4, -0.2) is 60.6 Å². The van der Waals surface area contributed by atoms with Crippen LogP contribution in [0.4, 0.5) is 4.79 Å². The van der Waals surface area contributed by atoms with E-state index in [-0.39, 0.29) is 18.3 Å². The lowest BCUT2D eigenvalue weighted by molar-refractivity contribution is 0.241. The zero-order chi connectivity index (χ0) is 15.8. The molecule has 2 rings (SSSR count). The lowest BCUT2D eigenvalue weighted by Gasteiger charge is -2.25. The van der Waals surface area contributed by atoms with Gasteiger partial charge in [-0.25, -0.2) is 17.5 Å². The Kier molecular flexibility index (Phi) is 6.47. The summed E-state index contributed by atoms with van der Waals surface area (Å²) in [6.07, 6.45) is 3.33. The van der Waals surface area contributed by atoms with Gasteiger partial charge in [0.2, 0.25) is 10.0 Å². The van der Waals surface area contributed by atoms with E-state index in [0.717, 1.165) is 17.1 Å². The Morgan fingerprint density at radius 3 is 2.77 bits per heavy atom. The molecule has 1 aromatic rings. The molecule has 0 bridgehead atoms. The van der Waals surface area contributed by atoms with Gasteiger partial charge in [-0.05, 0) is 11.6 Å². The van der Waals surface area contributed by atoms with E-state index in [0.29, 0.717) is 19.6 Å². The summed E-state index contributed by atoms with van der Waals surface area (Å²) in [7, 11) is -3.28. The highest BCUT2D eigenvalue weighted by Crippen LogP contribution is 2.12. The molecule has 1 aromatic heterocycles. The van der Waals surface area contributed by atoms with Gasteiger partial charge in [0.25, 0.3) is 0 Å². The van der Waals surface area contributed by atoms with E-state index in [4.69, 9.17) is 0 Å². The van der Waals surface area contributed by atoms with Gasteiger partial charge in [-0.15, -0.1) is 0 Å². The number of aromatic nitrogens is 1. The Morgan fingerprint density at radius 1 is 1.32 bits per heavy atom. The zero-order valence-electron chi connectivity index (χ0n) is 12.2. The van der Waals surface area contributed by atoms with Crippen molar-refractivity contribution in [1.82, 2.24) is 19.9 Å². The van der Waals surface area contributed by atoms with Gasteiger partial charge in [-0.3, -0.25) is 4.98 Å². The summed E-state index contributed by atoms with van der Waals surface area (Å²) in [6, 6.07) is 3.26. The largest absolute Gasteiger partial charge is 0.337 e. The first-order chi connectivity index (χ1) is 10.6. The van der Waals surface area contributed by atoms with E-state index < -0.39 is 10.0 Å². The number of pyridine rings is 1. The number of carbonyl (C=O) groups excluding carboxylic acids is 1. The number of carbonyl (C=O) groups is 1. The zero-order valence-corrected chi connectivity index (χ0v) is 13.8. The molecule has 22 heavy (non-hydrogen) atoms. The summed E-state index contributed by atoms with van der Waals surface area (Å²) in [6.45, 7) is 1.57. The molecule has 0 aromatic carbocycles. The number of thioether (sulfide) groups is 1. The molecule has 0 atom stereocenters. The first-order valence-corrected chi connectivity index (χ1v) is 9.80. The lowest BCUT2D eigenvalue weighted by Crippen LogP contribution is -2.43. The van der Waals surface area contributed by atoms with Crippen molar-refractivity contribution in [3.8, 4) is 0 Å². The fourth-order valence-electron chi connectivity index (χ4n) is 1.99. The van der Waals surface area contributed by atoms with E-state index in [2.05, 4.69) is 15.6 Å². The van der Waals surface area contributed by atoms with Crippen LogP contribution >= 0.6 is 11.8 Å². The van der Waals surface area contributed by atoms with E-state index in [1.54, 1.807) is 30.2 Å². The van der Waals surface area contributed by atoms with Gasteiger partial charge >= 0.3 is 6.03 Å². The average molecular weight is 344 g/mol. The monoisotopic (exact) mass is 344 g/mol. The molecule has 0 radical (unpaired) electrons. The van der Waals surface area contributed by atoms with Crippen molar-refractivity contribution in [2.75, 3.05) is 36.9 Å². The standard InChI is InChI=1S/C13H20N4O3S2/c18-13(16-11-12-2-1-3-14-10-12)15-4-9-22(19,20)17-5-7-21-8-6-17/h1-3,10H,4-9,11H2,(H2,15,16,18). The quantitative estimate of drug-likeness (QED) is 0.772. The van der Waals surface area contributed by atoms with Crippen LogP contribution < -0.4 is 10.6 Å². The highest BCUT2D eigenvalue weighted by molar-refractivity contribution is 7.99. The molecule has 1 aliphatic heterocycles. The summed E-state index contributed by atoms with van der Waals surface area (Å²) in [4.78, 5) is 15.6. The number of urea groups is 1. The molecule has 1 aliphatic rings. The van der Waals surface area contributed by atoms with E-state index in [1.165, 1.54) is 4.31 Å². The molecule has 2 amide bonds. The summed E-state index contributed by atoms with van der Waals surface area (Å²) in [5.74, 6) is 1.59. The van der Waals surface area contributed by atoms with Gasteiger partial charge in [0.1, 0.15) is 0 Å². The number of amides is 2. The normalized spacial score (nSPS) is 16.2. The minimum atomic E-state index is -3.28. The van der Waals surface area contributed by atoms with Crippen LogP contribution in [0.15, 0.2) is 24.5 Å². The fraction of sp³-hybridized carbons (Fsp3) is 0.538. The van der Waals surface area contributed by atoms with Crippen LogP contribution in [0.3, 0.4) is 0 Å². The topological polar surface area (TPSA) is 91.4 Å². The van der Waals surface area contributed by atoms with Crippen LogP contribution in [0.5, 0.6) is 0 Å². The van der Waals surface area contributed by atoms with Crippen molar-refractivity contribution in [2.45, 2.75) is 6.54 Å². The summed E-state index contributed by atoms with van der Waals surface area (Å²) in [5, 5.41) is 5.23. The van der Waals surface area contributed by atoms with Crippen molar-refractivity contribution >= 4 is 27.8 Å². The minimum Gasteiger partial charge on any atom is -0.337 e. The lowest BCUT2D eigenvalue weighted by atomic mass is 10.3. The fourth-order valence-corrected chi connectivity index (χ4v) is 4.49. The molecule has 0 unspecified atom stereocenters. The number of nitrogens with one attached hydrogen (secondary N) is 2. The third-order valence-corrected chi connectivity index (χ3v) is 6.00. The minimum absolute atomic E-state index is 0.0714. The maximum atomic E-state index is 12.1. The van der Waals surface area contributed by atoms with Crippen molar-refractivity contribution < 1.29 is 13.2 Å². The number of hydrogen-bond acceptors (Lipinski definition) is 5. The number of rotatable bonds is 6. The first-order valence-electron chi connectivity index (χ1n) is 7.04. The van der Waals surface area contributed by atoms with E-state index in [1.807, 2.05) is 6.07 Å². The molecule has 0 spiro atoms.